The standard InChI is InChI=1S/C9H13N3O2S.ClH/c1-6-5-15-9(11-6)12-8(13)7-4-10-2-3-14-7;/h5,7,10H,2-4H2,1H3,(H,11,12,13);1H. The van der Waals surface area contributed by atoms with E-state index in [-0.39, 0.29) is 18.3 Å². The van der Waals surface area contributed by atoms with Gasteiger partial charge in [-0.1, -0.05) is 0 Å². The van der Waals surface area contributed by atoms with Crippen LogP contribution in [0.2, 0.25) is 0 Å². The van der Waals surface area contributed by atoms with Gasteiger partial charge in [-0.3, -0.25) is 10.1 Å². The molecule has 1 unspecified atom stereocenters. The highest BCUT2D eigenvalue weighted by atomic mass is 35.5. The fraction of sp³-hybridized carbons (Fsp3) is 0.556. The highest BCUT2D eigenvalue weighted by Gasteiger charge is 2.22. The Morgan fingerprint density at radius 3 is 3.12 bits per heavy atom. The number of thiazole rings is 1. The summed E-state index contributed by atoms with van der Waals surface area (Å²) in [4.78, 5) is 15.8. The molecule has 1 aromatic heterocycles. The zero-order valence-corrected chi connectivity index (χ0v) is 10.5. The van der Waals surface area contributed by atoms with E-state index in [2.05, 4.69) is 15.6 Å². The number of ether oxygens (including phenoxy) is 1. The number of morpholine rings is 1. The largest absolute Gasteiger partial charge is 0.366 e. The smallest absolute Gasteiger partial charge is 0.256 e. The highest BCUT2D eigenvalue weighted by molar-refractivity contribution is 7.13. The van der Waals surface area contributed by atoms with Gasteiger partial charge >= 0.3 is 0 Å². The first-order valence-corrected chi connectivity index (χ1v) is 5.69. The predicted octanol–water partition coefficient (Wildman–Crippen LogP) is 0.800. The van der Waals surface area contributed by atoms with Gasteiger partial charge in [0.2, 0.25) is 0 Å². The second-order valence-corrected chi connectivity index (χ2v) is 4.20. The van der Waals surface area contributed by atoms with Gasteiger partial charge < -0.3 is 10.1 Å². The maximum atomic E-state index is 11.7. The number of hydrogen-bond donors (Lipinski definition) is 2. The number of carbonyl (C=O) groups excluding carboxylic acids is 1. The molecule has 1 aromatic rings. The number of nitrogens with zero attached hydrogens (tertiary/aromatic N) is 1. The summed E-state index contributed by atoms with van der Waals surface area (Å²) in [6.07, 6.45) is -0.400. The van der Waals surface area contributed by atoms with E-state index in [1.807, 2.05) is 12.3 Å². The third kappa shape index (κ3) is 3.41. The molecule has 1 aliphatic heterocycles. The zero-order chi connectivity index (χ0) is 10.7. The minimum absolute atomic E-state index is 0. The van der Waals surface area contributed by atoms with Crippen LogP contribution in [0.3, 0.4) is 0 Å². The average molecular weight is 264 g/mol. The molecule has 1 fully saturated rings. The number of amides is 1. The molecule has 7 heteroatoms. The Balaban J connectivity index is 0.00000128. The quantitative estimate of drug-likeness (QED) is 0.829. The Morgan fingerprint density at radius 2 is 2.56 bits per heavy atom. The molecule has 5 nitrogen and oxygen atoms in total. The maximum Gasteiger partial charge on any atom is 0.256 e. The predicted molar refractivity (Wildman–Crippen MR) is 65.3 cm³/mol. The lowest BCUT2D eigenvalue weighted by atomic mass is 10.3. The van der Waals surface area contributed by atoms with Gasteiger partial charge in [-0.2, -0.15) is 0 Å². The Morgan fingerprint density at radius 1 is 1.75 bits per heavy atom. The second-order valence-electron chi connectivity index (χ2n) is 3.35. The van der Waals surface area contributed by atoms with Crippen LogP contribution in [0.5, 0.6) is 0 Å². The minimum atomic E-state index is -0.400. The summed E-state index contributed by atoms with van der Waals surface area (Å²) in [5.41, 5.74) is 0.915. The number of carbonyl (C=O) groups is 1. The van der Waals surface area contributed by atoms with E-state index in [9.17, 15) is 4.79 Å². The molecule has 90 valence electrons. The van der Waals surface area contributed by atoms with E-state index >= 15 is 0 Å². The Bertz CT molecular complexity index is 352. The van der Waals surface area contributed by atoms with Crippen molar-refractivity contribution in [2.75, 3.05) is 25.0 Å². The Hall–Kier alpha value is -0.690. The molecule has 1 aliphatic rings. The summed E-state index contributed by atoms with van der Waals surface area (Å²) in [7, 11) is 0. The lowest BCUT2D eigenvalue weighted by molar-refractivity contribution is -0.128. The average Bonchev–Trinajstić information content (AvgIpc) is 2.65. The van der Waals surface area contributed by atoms with Gasteiger partial charge in [0, 0.05) is 18.5 Å². The molecule has 0 saturated carbocycles. The first-order valence-electron chi connectivity index (χ1n) is 4.81. The van der Waals surface area contributed by atoms with Crippen LogP contribution in [0.25, 0.3) is 0 Å². The van der Waals surface area contributed by atoms with E-state index in [4.69, 9.17) is 4.74 Å². The summed E-state index contributed by atoms with van der Waals surface area (Å²) in [5, 5.41) is 8.37. The normalized spacial score (nSPS) is 19.9. The molecule has 0 aliphatic carbocycles. The Kier molecular flexibility index (Phi) is 5.14. The lowest BCUT2D eigenvalue weighted by Gasteiger charge is -2.22. The van der Waals surface area contributed by atoms with Gasteiger partial charge in [0.25, 0.3) is 5.91 Å². The number of nitrogens with one attached hydrogen (secondary N) is 2. The van der Waals surface area contributed by atoms with Crippen LogP contribution in [-0.4, -0.2) is 36.7 Å². The Labute approximate surface area is 104 Å². The van der Waals surface area contributed by atoms with Crippen LogP contribution in [-0.2, 0) is 9.53 Å². The number of hydrogen-bond acceptors (Lipinski definition) is 5. The van der Waals surface area contributed by atoms with E-state index in [1.54, 1.807) is 0 Å². The number of anilines is 1. The molecule has 16 heavy (non-hydrogen) atoms. The van der Waals surface area contributed by atoms with Gasteiger partial charge in [-0.15, -0.1) is 23.7 Å². The van der Waals surface area contributed by atoms with Gasteiger partial charge in [-0.25, -0.2) is 4.98 Å². The number of rotatable bonds is 2. The molecule has 2 heterocycles. The summed E-state index contributed by atoms with van der Waals surface area (Å²) < 4.78 is 5.32. The van der Waals surface area contributed by atoms with Crippen LogP contribution >= 0.6 is 23.7 Å². The van der Waals surface area contributed by atoms with Crippen LogP contribution in [0.15, 0.2) is 5.38 Å². The van der Waals surface area contributed by atoms with Crippen LogP contribution in [0.1, 0.15) is 5.69 Å². The third-order valence-electron chi connectivity index (χ3n) is 2.07. The molecule has 1 atom stereocenters. The minimum Gasteiger partial charge on any atom is -0.366 e. The molecule has 1 amide bonds. The van der Waals surface area contributed by atoms with Crippen LogP contribution in [0.4, 0.5) is 5.13 Å². The van der Waals surface area contributed by atoms with E-state index in [0.717, 1.165) is 12.2 Å². The van der Waals surface area contributed by atoms with Crippen molar-refractivity contribution in [3.63, 3.8) is 0 Å². The van der Waals surface area contributed by atoms with Crippen molar-refractivity contribution in [3.8, 4) is 0 Å². The van der Waals surface area contributed by atoms with Gasteiger partial charge in [0.1, 0.15) is 6.10 Å². The molecule has 1 saturated heterocycles. The van der Waals surface area contributed by atoms with E-state index < -0.39 is 6.10 Å². The van der Waals surface area contributed by atoms with Crippen molar-refractivity contribution in [1.82, 2.24) is 10.3 Å². The molecule has 0 spiro atoms. The molecular weight excluding hydrogens is 250 g/mol. The summed E-state index contributed by atoms with van der Waals surface area (Å²) in [5.74, 6) is -0.128. The summed E-state index contributed by atoms with van der Waals surface area (Å²) in [6, 6.07) is 0. The van der Waals surface area contributed by atoms with Crippen LogP contribution < -0.4 is 10.6 Å². The van der Waals surface area contributed by atoms with E-state index in [1.165, 1.54) is 11.3 Å². The third-order valence-corrected chi connectivity index (χ3v) is 2.94. The SMILES string of the molecule is Cc1csc(NC(=O)C2CNCCO2)n1.Cl. The van der Waals surface area contributed by atoms with Crippen molar-refractivity contribution in [2.24, 2.45) is 0 Å². The van der Waals surface area contributed by atoms with Gasteiger partial charge in [-0.05, 0) is 6.92 Å². The molecule has 2 N–H and O–H groups in total. The summed E-state index contributed by atoms with van der Waals surface area (Å²) >= 11 is 1.42. The van der Waals surface area contributed by atoms with Crippen molar-refractivity contribution >= 4 is 34.8 Å². The lowest BCUT2D eigenvalue weighted by Crippen LogP contribution is -2.45. The van der Waals surface area contributed by atoms with Crippen molar-refractivity contribution in [3.05, 3.63) is 11.1 Å². The fourth-order valence-electron chi connectivity index (χ4n) is 1.33. The fourth-order valence-corrected chi connectivity index (χ4v) is 2.02. The number of aryl methyl sites for hydroxylation is 1. The van der Waals surface area contributed by atoms with Crippen molar-refractivity contribution in [1.29, 1.82) is 0 Å². The highest BCUT2D eigenvalue weighted by Crippen LogP contribution is 2.14. The van der Waals surface area contributed by atoms with E-state index in [0.29, 0.717) is 18.3 Å². The maximum absolute atomic E-state index is 11.7. The second kappa shape index (κ2) is 6.15. The number of halogens is 1. The topological polar surface area (TPSA) is 63.2 Å². The first-order chi connectivity index (χ1) is 7.25. The van der Waals surface area contributed by atoms with Crippen molar-refractivity contribution in [2.45, 2.75) is 13.0 Å². The molecule has 2 rings (SSSR count). The van der Waals surface area contributed by atoms with Gasteiger partial charge in [0.05, 0.1) is 12.3 Å². The summed E-state index contributed by atoms with van der Waals surface area (Å²) in [6.45, 7) is 3.84. The molecule has 0 aromatic carbocycles. The number of aromatic nitrogens is 1. The van der Waals surface area contributed by atoms with Crippen LogP contribution in [0, 0.1) is 6.92 Å². The monoisotopic (exact) mass is 263 g/mol. The molecule has 0 radical (unpaired) electrons. The zero-order valence-electron chi connectivity index (χ0n) is 8.86. The first kappa shape index (κ1) is 13.4. The molecule has 0 bridgehead atoms. The van der Waals surface area contributed by atoms with Gasteiger partial charge in [0.15, 0.2) is 5.13 Å². The van der Waals surface area contributed by atoms with Crippen molar-refractivity contribution < 1.29 is 9.53 Å². The molecular formula is C9H14ClN3O2S.